The fraction of sp³-hybridized carbons (Fsp3) is 0.750. The Kier molecular flexibility index (Phi) is 6.91. The van der Waals surface area contributed by atoms with Crippen LogP contribution in [0.1, 0.15) is 13.8 Å². The number of nitrogens with one attached hydrogen (secondary N) is 3. The molecule has 0 unspecified atom stereocenters. The molecule has 13 heavy (non-hydrogen) atoms. The van der Waals surface area contributed by atoms with Crippen LogP contribution in [0, 0.1) is 0 Å². The van der Waals surface area contributed by atoms with E-state index in [4.69, 9.17) is 0 Å². The van der Waals surface area contributed by atoms with Crippen LogP contribution < -0.4 is 16.0 Å². The minimum absolute atomic E-state index is 0.0244. The van der Waals surface area contributed by atoms with Crippen molar-refractivity contribution in [3.63, 3.8) is 0 Å². The van der Waals surface area contributed by atoms with Gasteiger partial charge in [-0.15, -0.1) is 0 Å². The first-order valence-electron chi connectivity index (χ1n) is 4.32. The van der Waals surface area contributed by atoms with Crippen LogP contribution in [0.4, 0.5) is 0 Å². The highest BCUT2D eigenvalue weighted by Crippen LogP contribution is 1.63. The number of hydrogen-bond acceptors (Lipinski definition) is 3. The van der Waals surface area contributed by atoms with Gasteiger partial charge in [-0.2, -0.15) is 0 Å². The summed E-state index contributed by atoms with van der Waals surface area (Å²) in [6.45, 7) is 5.65. The van der Waals surface area contributed by atoms with Gasteiger partial charge in [-0.1, -0.05) is 0 Å². The summed E-state index contributed by atoms with van der Waals surface area (Å²) < 4.78 is 0. The number of carbonyl (C=O) groups is 2. The third-order valence-electron chi connectivity index (χ3n) is 1.35. The van der Waals surface area contributed by atoms with Gasteiger partial charge in [0.15, 0.2) is 0 Å². The maximum atomic E-state index is 10.4. The van der Waals surface area contributed by atoms with Crippen LogP contribution in [0.2, 0.25) is 0 Å². The van der Waals surface area contributed by atoms with Crippen molar-refractivity contribution in [3.8, 4) is 0 Å². The summed E-state index contributed by atoms with van der Waals surface area (Å²) in [5.74, 6) is -0.0488. The number of amides is 2. The molecule has 5 heteroatoms. The fourth-order valence-corrected chi connectivity index (χ4v) is 0.779. The van der Waals surface area contributed by atoms with Crippen LogP contribution in [0.3, 0.4) is 0 Å². The Morgan fingerprint density at radius 3 is 1.54 bits per heavy atom. The predicted octanol–water partition coefficient (Wildman–Crippen LogP) is -1.15. The highest BCUT2D eigenvalue weighted by Gasteiger charge is 1.91. The lowest BCUT2D eigenvalue weighted by Gasteiger charge is -2.05. The summed E-state index contributed by atoms with van der Waals surface area (Å²) in [5.41, 5.74) is 0. The lowest BCUT2D eigenvalue weighted by atomic mass is 10.5. The SMILES string of the molecule is CC(=O)NCCNCCNC(C)=O. The van der Waals surface area contributed by atoms with Crippen LogP contribution >= 0.6 is 0 Å². The summed E-state index contributed by atoms with van der Waals surface area (Å²) in [6, 6.07) is 0. The molecule has 0 aromatic carbocycles. The zero-order valence-corrected chi connectivity index (χ0v) is 8.14. The third kappa shape index (κ3) is 10.9. The van der Waals surface area contributed by atoms with Crippen molar-refractivity contribution in [1.82, 2.24) is 16.0 Å². The molecule has 0 atom stereocenters. The number of carbonyl (C=O) groups excluding carboxylic acids is 2. The first-order valence-corrected chi connectivity index (χ1v) is 4.32. The molecule has 5 nitrogen and oxygen atoms in total. The quantitative estimate of drug-likeness (QED) is 0.460. The van der Waals surface area contributed by atoms with Gasteiger partial charge in [0, 0.05) is 40.0 Å². The average molecular weight is 187 g/mol. The first kappa shape index (κ1) is 11.9. The van der Waals surface area contributed by atoms with Gasteiger partial charge in [-0.3, -0.25) is 9.59 Å². The lowest BCUT2D eigenvalue weighted by Crippen LogP contribution is -2.35. The van der Waals surface area contributed by atoms with Crippen LogP contribution in [-0.2, 0) is 9.59 Å². The summed E-state index contributed by atoms with van der Waals surface area (Å²) in [6.07, 6.45) is 0. The molecule has 76 valence electrons. The van der Waals surface area contributed by atoms with Crippen molar-refractivity contribution in [3.05, 3.63) is 0 Å². The van der Waals surface area contributed by atoms with Gasteiger partial charge >= 0.3 is 0 Å². The molecule has 0 saturated heterocycles. The predicted molar refractivity (Wildman–Crippen MR) is 50.2 cm³/mol. The first-order chi connectivity index (χ1) is 6.13. The van der Waals surface area contributed by atoms with Gasteiger partial charge in [0.2, 0.25) is 11.8 Å². The molecule has 0 aromatic heterocycles. The standard InChI is InChI=1S/C8H17N3O2/c1-7(12)10-5-3-9-4-6-11-8(2)13/h9H,3-6H2,1-2H3,(H,10,12)(H,11,13). The Morgan fingerprint density at radius 2 is 1.23 bits per heavy atom. The van der Waals surface area contributed by atoms with Gasteiger partial charge < -0.3 is 16.0 Å². The smallest absolute Gasteiger partial charge is 0.216 e. The van der Waals surface area contributed by atoms with Gasteiger partial charge in [-0.25, -0.2) is 0 Å². The highest BCUT2D eigenvalue weighted by atomic mass is 16.2. The average Bonchev–Trinajstić information content (AvgIpc) is 2.01. The Morgan fingerprint density at radius 1 is 0.846 bits per heavy atom. The topological polar surface area (TPSA) is 70.2 Å². The van der Waals surface area contributed by atoms with E-state index in [1.165, 1.54) is 13.8 Å². The van der Waals surface area contributed by atoms with Crippen molar-refractivity contribution in [2.24, 2.45) is 0 Å². The van der Waals surface area contributed by atoms with Gasteiger partial charge in [0.1, 0.15) is 0 Å². The molecular formula is C8H17N3O2. The summed E-state index contributed by atoms with van der Waals surface area (Å²) in [7, 11) is 0. The Balaban J connectivity index is 3.00. The van der Waals surface area contributed by atoms with E-state index >= 15 is 0 Å². The van der Waals surface area contributed by atoms with E-state index in [1.807, 2.05) is 0 Å². The molecule has 0 aliphatic carbocycles. The molecule has 0 heterocycles. The van der Waals surface area contributed by atoms with E-state index in [1.54, 1.807) is 0 Å². The molecule has 0 saturated carbocycles. The van der Waals surface area contributed by atoms with Crippen LogP contribution in [0.15, 0.2) is 0 Å². The second kappa shape index (κ2) is 7.54. The summed E-state index contributed by atoms with van der Waals surface area (Å²) >= 11 is 0. The fourth-order valence-electron chi connectivity index (χ4n) is 0.779. The second-order valence-electron chi connectivity index (χ2n) is 2.72. The molecular weight excluding hydrogens is 170 g/mol. The van der Waals surface area contributed by atoms with E-state index in [0.717, 1.165) is 13.1 Å². The van der Waals surface area contributed by atoms with Crippen LogP contribution in [-0.4, -0.2) is 38.0 Å². The number of rotatable bonds is 6. The molecule has 3 N–H and O–H groups in total. The van der Waals surface area contributed by atoms with Crippen molar-refractivity contribution < 1.29 is 9.59 Å². The zero-order valence-electron chi connectivity index (χ0n) is 8.14. The van der Waals surface area contributed by atoms with Gasteiger partial charge in [-0.05, 0) is 0 Å². The van der Waals surface area contributed by atoms with E-state index in [9.17, 15) is 9.59 Å². The monoisotopic (exact) mass is 187 g/mol. The molecule has 2 amide bonds. The maximum absolute atomic E-state index is 10.4. The molecule has 0 aliphatic heterocycles. The van der Waals surface area contributed by atoms with E-state index in [-0.39, 0.29) is 11.8 Å². The van der Waals surface area contributed by atoms with Crippen LogP contribution in [0.5, 0.6) is 0 Å². The Labute approximate surface area is 78.3 Å². The second-order valence-corrected chi connectivity index (χ2v) is 2.72. The molecule has 0 aliphatic rings. The minimum Gasteiger partial charge on any atom is -0.355 e. The highest BCUT2D eigenvalue weighted by molar-refractivity contribution is 5.73. The lowest BCUT2D eigenvalue weighted by molar-refractivity contribution is -0.119. The van der Waals surface area contributed by atoms with E-state index in [0.29, 0.717) is 13.1 Å². The Hall–Kier alpha value is -1.10. The minimum atomic E-state index is -0.0244. The molecule has 0 spiro atoms. The number of hydrogen-bond donors (Lipinski definition) is 3. The van der Waals surface area contributed by atoms with E-state index < -0.39 is 0 Å². The molecule has 0 rings (SSSR count). The van der Waals surface area contributed by atoms with Crippen molar-refractivity contribution >= 4 is 11.8 Å². The van der Waals surface area contributed by atoms with Crippen molar-refractivity contribution in [2.45, 2.75) is 13.8 Å². The van der Waals surface area contributed by atoms with Gasteiger partial charge in [0.05, 0.1) is 0 Å². The van der Waals surface area contributed by atoms with Crippen LogP contribution in [0.25, 0.3) is 0 Å². The zero-order chi connectivity index (χ0) is 10.1. The molecule has 0 fully saturated rings. The van der Waals surface area contributed by atoms with E-state index in [2.05, 4.69) is 16.0 Å². The third-order valence-corrected chi connectivity index (χ3v) is 1.35. The molecule has 0 radical (unpaired) electrons. The molecule has 0 aromatic rings. The Bertz CT molecular complexity index is 153. The maximum Gasteiger partial charge on any atom is 0.216 e. The largest absolute Gasteiger partial charge is 0.355 e. The molecule has 0 bridgehead atoms. The van der Waals surface area contributed by atoms with Crippen molar-refractivity contribution in [1.29, 1.82) is 0 Å². The van der Waals surface area contributed by atoms with Crippen molar-refractivity contribution in [2.75, 3.05) is 26.2 Å². The summed E-state index contributed by atoms with van der Waals surface area (Å²) in [5, 5.41) is 8.38. The normalized spacial score (nSPS) is 9.38. The van der Waals surface area contributed by atoms with Gasteiger partial charge in [0.25, 0.3) is 0 Å². The summed E-state index contributed by atoms with van der Waals surface area (Å²) in [4.78, 5) is 20.9.